The minimum absolute atomic E-state index is 0.188. The van der Waals surface area contributed by atoms with Crippen LogP contribution in [-0.2, 0) is 4.79 Å². The first-order valence-corrected chi connectivity index (χ1v) is 7.22. The predicted octanol–water partition coefficient (Wildman–Crippen LogP) is 2.18. The van der Waals surface area contributed by atoms with Gasteiger partial charge in [0.25, 0.3) is 5.91 Å². The fraction of sp³-hybridized carbons (Fsp3) is 0.562. The van der Waals surface area contributed by atoms with Crippen molar-refractivity contribution >= 4 is 5.91 Å². The Hall–Kier alpha value is -1.55. The Bertz CT molecular complexity index is 467. The van der Waals surface area contributed by atoms with E-state index in [-0.39, 0.29) is 5.91 Å². The number of carbonyl (C=O) groups is 1. The van der Waals surface area contributed by atoms with Crippen LogP contribution in [-0.4, -0.2) is 29.3 Å². The van der Waals surface area contributed by atoms with Crippen LogP contribution in [0.1, 0.15) is 38.2 Å². The zero-order chi connectivity index (χ0) is 14.6. The van der Waals surface area contributed by atoms with Gasteiger partial charge in [-0.1, -0.05) is 25.0 Å². The molecule has 0 bridgehead atoms. The fourth-order valence-electron chi connectivity index (χ4n) is 2.55. The van der Waals surface area contributed by atoms with E-state index in [2.05, 4.69) is 5.32 Å². The molecule has 1 saturated carbocycles. The highest BCUT2D eigenvalue weighted by molar-refractivity contribution is 5.80. The lowest BCUT2D eigenvalue weighted by Crippen LogP contribution is -2.45. The van der Waals surface area contributed by atoms with Crippen LogP contribution in [0.3, 0.4) is 0 Å². The molecule has 1 atom stereocenters. The van der Waals surface area contributed by atoms with E-state index in [9.17, 15) is 9.90 Å². The minimum Gasteiger partial charge on any atom is -0.481 e. The van der Waals surface area contributed by atoms with Gasteiger partial charge in [-0.3, -0.25) is 4.79 Å². The summed E-state index contributed by atoms with van der Waals surface area (Å²) in [6, 6.07) is 7.61. The molecule has 20 heavy (non-hydrogen) atoms. The van der Waals surface area contributed by atoms with E-state index in [0.717, 1.165) is 31.2 Å². The van der Waals surface area contributed by atoms with E-state index in [1.807, 2.05) is 31.2 Å². The molecule has 0 aliphatic heterocycles. The summed E-state index contributed by atoms with van der Waals surface area (Å²) in [4.78, 5) is 12.0. The number of aliphatic hydroxyl groups is 1. The summed E-state index contributed by atoms with van der Waals surface area (Å²) in [6.07, 6.45) is 3.02. The molecule has 4 heteroatoms. The zero-order valence-corrected chi connectivity index (χ0v) is 12.2. The highest BCUT2D eigenvalue weighted by Gasteiger charge is 2.31. The van der Waals surface area contributed by atoms with Gasteiger partial charge in [0, 0.05) is 6.54 Å². The van der Waals surface area contributed by atoms with E-state index >= 15 is 0 Å². The minimum atomic E-state index is -0.723. The second-order valence-electron chi connectivity index (χ2n) is 5.73. The molecule has 2 rings (SSSR count). The average Bonchev–Trinajstić information content (AvgIpc) is 2.83. The molecule has 0 spiro atoms. The van der Waals surface area contributed by atoms with Crippen LogP contribution in [0.4, 0.5) is 0 Å². The number of benzene rings is 1. The number of rotatable bonds is 5. The van der Waals surface area contributed by atoms with E-state index < -0.39 is 11.7 Å². The lowest BCUT2D eigenvalue weighted by atomic mass is 10.0. The van der Waals surface area contributed by atoms with Crippen molar-refractivity contribution in [2.45, 2.75) is 51.2 Å². The van der Waals surface area contributed by atoms with Crippen LogP contribution in [0.15, 0.2) is 24.3 Å². The van der Waals surface area contributed by atoms with Crippen LogP contribution in [0.25, 0.3) is 0 Å². The first-order valence-electron chi connectivity index (χ1n) is 7.22. The second-order valence-corrected chi connectivity index (χ2v) is 5.73. The number of hydrogen-bond donors (Lipinski definition) is 2. The van der Waals surface area contributed by atoms with Crippen molar-refractivity contribution in [3.63, 3.8) is 0 Å². The molecule has 1 aliphatic carbocycles. The number of carbonyl (C=O) groups excluding carboxylic acids is 1. The normalized spacial score (nSPS) is 18.6. The van der Waals surface area contributed by atoms with Gasteiger partial charge in [0.05, 0.1) is 5.60 Å². The average molecular weight is 277 g/mol. The van der Waals surface area contributed by atoms with Gasteiger partial charge >= 0.3 is 0 Å². The number of ether oxygens (including phenoxy) is 1. The summed E-state index contributed by atoms with van der Waals surface area (Å²) in [7, 11) is 0. The van der Waals surface area contributed by atoms with Crippen LogP contribution in [0, 0.1) is 6.92 Å². The van der Waals surface area contributed by atoms with Crippen molar-refractivity contribution in [1.29, 1.82) is 0 Å². The van der Waals surface area contributed by atoms with E-state index in [1.54, 1.807) is 6.92 Å². The van der Waals surface area contributed by atoms with Gasteiger partial charge in [-0.15, -0.1) is 0 Å². The van der Waals surface area contributed by atoms with Crippen LogP contribution in [0.2, 0.25) is 0 Å². The van der Waals surface area contributed by atoms with Crippen molar-refractivity contribution in [3.05, 3.63) is 29.8 Å². The molecule has 4 nitrogen and oxygen atoms in total. The van der Waals surface area contributed by atoms with Gasteiger partial charge in [-0.05, 0) is 44.4 Å². The van der Waals surface area contributed by atoms with Crippen LogP contribution in [0.5, 0.6) is 5.75 Å². The third-order valence-electron chi connectivity index (χ3n) is 3.80. The molecule has 1 fully saturated rings. The molecule has 0 radical (unpaired) electrons. The molecule has 1 aliphatic rings. The van der Waals surface area contributed by atoms with Gasteiger partial charge < -0.3 is 15.2 Å². The molecule has 1 aromatic rings. The number of aryl methyl sites for hydroxylation is 1. The van der Waals surface area contributed by atoms with E-state index in [0.29, 0.717) is 12.3 Å². The quantitative estimate of drug-likeness (QED) is 0.867. The Morgan fingerprint density at radius 1 is 1.45 bits per heavy atom. The lowest BCUT2D eigenvalue weighted by molar-refractivity contribution is -0.128. The summed E-state index contributed by atoms with van der Waals surface area (Å²) >= 11 is 0. The first-order chi connectivity index (χ1) is 9.48. The molecule has 1 unspecified atom stereocenters. The highest BCUT2D eigenvalue weighted by atomic mass is 16.5. The maximum atomic E-state index is 12.0. The first kappa shape index (κ1) is 14.9. The molecule has 0 heterocycles. The highest BCUT2D eigenvalue weighted by Crippen LogP contribution is 2.28. The fourth-order valence-corrected chi connectivity index (χ4v) is 2.55. The maximum Gasteiger partial charge on any atom is 0.260 e. The number of hydrogen-bond acceptors (Lipinski definition) is 3. The predicted molar refractivity (Wildman–Crippen MR) is 77.7 cm³/mol. The Morgan fingerprint density at radius 3 is 2.80 bits per heavy atom. The Labute approximate surface area is 120 Å². The van der Waals surface area contributed by atoms with Gasteiger partial charge in [0.2, 0.25) is 0 Å². The van der Waals surface area contributed by atoms with Gasteiger partial charge in [-0.25, -0.2) is 0 Å². The van der Waals surface area contributed by atoms with Crippen LogP contribution >= 0.6 is 0 Å². The number of nitrogens with one attached hydrogen (secondary N) is 1. The monoisotopic (exact) mass is 277 g/mol. The maximum absolute atomic E-state index is 12.0. The standard InChI is InChI=1S/C16H23NO3/c1-12-6-5-7-14(10-12)20-13(2)15(18)17-11-16(19)8-3-4-9-16/h5-7,10,13,19H,3-4,8-9,11H2,1-2H3,(H,17,18). The Balaban J connectivity index is 1.83. The van der Waals surface area contributed by atoms with Crippen molar-refractivity contribution in [3.8, 4) is 5.75 Å². The second kappa shape index (κ2) is 6.27. The molecule has 0 saturated heterocycles. The topological polar surface area (TPSA) is 58.6 Å². The summed E-state index contributed by atoms with van der Waals surface area (Å²) in [5.74, 6) is 0.499. The van der Waals surface area contributed by atoms with Crippen molar-refractivity contribution in [1.82, 2.24) is 5.32 Å². The molecule has 110 valence electrons. The smallest absolute Gasteiger partial charge is 0.260 e. The summed E-state index contributed by atoms with van der Waals surface area (Å²) < 4.78 is 5.61. The summed E-state index contributed by atoms with van der Waals surface area (Å²) in [5.41, 5.74) is 0.369. The van der Waals surface area contributed by atoms with E-state index in [4.69, 9.17) is 4.74 Å². The summed E-state index contributed by atoms with van der Waals surface area (Å²) in [6.45, 7) is 4.01. The Morgan fingerprint density at radius 2 is 2.15 bits per heavy atom. The van der Waals surface area contributed by atoms with E-state index in [1.165, 1.54) is 0 Å². The lowest BCUT2D eigenvalue weighted by Gasteiger charge is -2.23. The van der Waals surface area contributed by atoms with Crippen LogP contribution < -0.4 is 10.1 Å². The third kappa shape index (κ3) is 3.97. The van der Waals surface area contributed by atoms with Crippen molar-refractivity contribution < 1.29 is 14.6 Å². The summed E-state index contributed by atoms with van der Waals surface area (Å²) in [5, 5.41) is 13.0. The molecular weight excluding hydrogens is 254 g/mol. The third-order valence-corrected chi connectivity index (χ3v) is 3.80. The molecule has 2 N–H and O–H groups in total. The zero-order valence-electron chi connectivity index (χ0n) is 12.2. The molecular formula is C16H23NO3. The largest absolute Gasteiger partial charge is 0.481 e. The Kier molecular flexibility index (Phi) is 4.65. The van der Waals surface area contributed by atoms with Gasteiger partial charge in [0.1, 0.15) is 5.75 Å². The molecule has 1 aromatic carbocycles. The molecule has 1 amide bonds. The SMILES string of the molecule is Cc1cccc(OC(C)C(=O)NCC2(O)CCCC2)c1. The number of amides is 1. The van der Waals surface area contributed by atoms with Crippen molar-refractivity contribution in [2.75, 3.05) is 6.54 Å². The molecule has 0 aromatic heterocycles. The van der Waals surface area contributed by atoms with Gasteiger partial charge in [0.15, 0.2) is 6.10 Å². The van der Waals surface area contributed by atoms with Gasteiger partial charge in [-0.2, -0.15) is 0 Å². The van der Waals surface area contributed by atoms with Crippen molar-refractivity contribution in [2.24, 2.45) is 0 Å².